The van der Waals surface area contributed by atoms with Gasteiger partial charge in [-0.25, -0.2) is 4.98 Å². The molecule has 3 rings (SSSR count). The summed E-state index contributed by atoms with van der Waals surface area (Å²) in [5.41, 5.74) is 3.18. The number of hydrogen-bond donors (Lipinski definition) is 2. The average molecular weight is 413 g/mol. The van der Waals surface area contributed by atoms with Crippen LogP contribution in [0.15, 0.2) is 36.7 Å². The molecule has 0 saturated carbocycles. The number of nitrogens with zero attached hydrogens (tertiary/aromatic N) is 4. The highest BCUT2D eigenvalue weighted by Gasteiger charge is 2.17. The Balaban J connectivity index is 1.63. The third-order valence-corrected chi connectivity index (χ3v) is 5.28. The first-order chi connectivity index (χ1) is 13.8. The van der Waals surface area contributed by atoms with Crippen molar-refractivity contribution in [3.63, 3.8) is 0 Å². The quantitative estimate of drug-likeness (QED) is 0.621. The summed E-state index contributed by atoms with van der Waals surface area (Å²) in [5.74, 6) is -0.253. The van der Waals surface area contributed by atoms with E-state index in [9.17, 15) is 9.59 Å². The van der Waals surface area contributed by atoms with Gasteiger partial charge in [0.2, 0.25) is 5.91 Å². The predicted molar refractivity (Wildman–Crippen MR) is 114 cm³/mol. The molecule has 2 N–H and O–H groups in total. The Bertz CT molecular complexity index is 1020. The van der Waals surface area contributed by atoms with Crippen molar-refractivity contribution >= 4 is 28.8 Å². The zero-order valence-corrected chi connectivity index (χ0v) is 17.7. The Morgan fingerprint density at radius 2 is 2.07 bits per heavy atom. The molecule has 0 radical (unpaired) electrons. The molecule has 0 fully saturated rings. The molecule has 3 aromatic rings. The number of rotatable bonds is 7. The van der Waals surface area contributed by atoms with Crippen molar-refractivity contribution in [3.8, 4) is 10.6 Å². The number of thiazole rings is 1. The molecule has 2 heterocycles. The summed E-state index contributed by atoms with van der Waals surface area (Å²) in [6.07, 6.45) is 3.60. The highest BCUT2D eigenvalue weighted by atomic mass is 32.1. The van der Waals surface area contributed by atoms with Crippen LogP contribution in [-0.4, -0.2) is 52.1 Å². The van der Waals surface area contributed by atoms with Crippen LogP contribution in [0.4, 0.5) is 5.69 Å². The fourth-order valence-corrected chi connectivity index (χ4v) is 3.73. The van der Waals surface area contributed by atoms with Crippen molar-refractivity contribution < 1.29 is 9.59 Å². The molecule has 2 aromatic heterocycles. The molecule has 0 atom stereocenters. The molecule has 0 aliphatic rings. The molecule has 0 saturated heterocycles. The van der Waals surface area contributed by atoms with Crippen LogP contribution in [0.2, 0.25) is 0 Å². The lowest BCUT2D eigenvalue weighted by atomic mass is 10.2. The van der Waals surface area contributed by atoms with Crippen LogP contribution in [0.1, 0.15) is 20.9 Å². The van der Waals surface area contributed by atoms with Crippen molar-refractivity contribution in [2.75, 3.05) is 26.0 Å². The van der Waals surface area contributed by atoms with E-state index in [4.69, 9.17) is 0 Å². The summed E-state index contributed by atoms with van der Waals surface area (Å²) in [4.78, 5) is 31.4. The summed E-state index contributed by atoms with van der Waals surface area (Å²) in [7, 11) is 5.52. The van der Waals surface area contributed by atoms with Gasteiger partial charge in [0.15, 0.2) is 0 Å². The van der Waals surface area contributed by atoms with E-state index >= 15 is 0 Å². The second-order valence-electron chi connectivity index (χ2n) is 7.01. The van der Waals surface area contributed by atoms with Crippen LogP contribution < -0.4 is 10.6 Å². The molecule has 1 aromatic carbocycles. The first kappa shape index (κ1) is 20.7. The number of carbonyl (C=O) groups excluding carboxylic acids is 2. The summed E-state index contributed by atoms with van der Waals surface area (Å²) in [5, 5.41) is 10.7. The monoisotopic (exact) mass is 412 g/mol. The maximum atomic E-state index is 12.6. The van der Waals surface area contributed by atoms with Crippen molar-refractivity contribution in [3.05, 3.63) is 52.8 Å². The van der Waals surface area contributed by atoms with E-state index in [1.165, 1.54) is 11.3 Å². The third-order valence-electron chi connectivity index (χ3n) is 4.08. The first-order valence-electron chi connectivity index (χ1n) is 9.10. The van der Waals surface area contributed by atoms with Crippen LogP contribution in [0.3, 0.4) is 0 Å². The zero-order valence-electron chi connectivity index (χ0n) is 16.9. The van der Waals surface area contributed by atoms with Crippen LogP contribution in [-0.2, 0) is 18.4 Å². The number of anilines is 1. The minimum absolute atomic E-state index is 0.0839. The summed E-state index contributed by atoms with van der Waals surface area (Å²) in [6.45, 7) is 2.49. The summed E-state index contributed by atoms with van der Waals surface area (Å²) >= 11 is 1.35. The van der Waals surface area contributed by atoms with Crippen LogP contribution in [0, 0.1) is 6.92 Å². The molecule has 0 bridgehead atoms. The Morgan fingerprint density at radius 3 is 2.76 bits per heavy atom. The van der Waals surface area contributed by atoms with E-state index in [-0.39, 0.29) is 11.8 Å². The molecule has 0 unspecified atom stereocenters. The molecular formula is C20H24N6O2S. The molecule has 0 aliphatic carbocycles. The molecule has 29 heavy (non-hydrogen) atoms. The minimum Gasteiger partial charge on any atom is -0.347 e. The van der Waals surface area contributed by atoms with Gasteiger partial charge in [0.25, 0.3) is 5.91 Å². The first-order valence-corrected chi connectivity index (χ1v) is 9.91. The van der Waals surface area contributed by atoms with Crippen LogP contribution >= 0.6 is 11.3 Å². The lowest BCUT2D eigenvalue weighted by molar-refractivity contribution is -0.116. The molecular weight excluding hydrogens is 388 g/mol. The van der Waals surface area contributed by atoms with E-state index in [1.54, 1.807) is 15.8 Å². The smallest absolute Gasteiger partial charge is 0.263 e. The van der Waals surface area contributed by atoms with E-state index < -0.39 is 0 Å². The van der Waals surface area contributed by atoms with Gasteiger partial charge in [-0.2, -0.15) is 5.10 Å². The number of nitrogens with one attached hydrogen (secondary N) is 2. The molecule has 152 valence electrons. The van der Waals surface area contributed by atoms with Gasteiger partial charge in [0.1, 0.15) is 9.88 Å². The van der Waals surface area contributed by atoms with Gasteiger partial charge >= 0.3 is 0 Å². The van der Waals surface area contributed by atoms with Crippen molar-refractivity contribution in [2.45, 2.75) is 13.5 Å². The van der Waals surface area contributed by atoms with Gasteiger partial charge < -0.3 is 15.5 Å². The van der Waals surface area contributed by atoms with Crippen molar-refractivity contribution in [1.82, 2.24) is 25.0 Å². The lowest BCUT2D eigenvalue weighted by Crippen LogP contribution is -2.27. The molecule has 0 aliphatic heterocycles. The average Bonchev–Trinajstić information content (AvgIpc) is 3.25. The third kappa shape index (κ3) is 5.49. The van der Waals surface area contributed by atoms with E-state index in [2.05, 4.69) is 20.7 Å². The van der Waals surface area contributed by atoms with Crippen molar-refractivity contribution in [1.29, 1.82) is 0 Å². The number of benzene rings is 1. The second kappa shape index (κ2) is 8.97. The Labute approximate surface area is 173 Å². The molecule has 2 amide bonds. The van der Waals surface area contributed by atoms with Crippen LogP contribution in [0.5, 0.6) is 0 Å². The Morgan fingerprint density at radius 1 is 1.28 bits per heavy atom. The number of amides is 2. The standard InChI is InChI=1S/C20H24N6O2S/c1-13-18(29-20(23-13)15-10-22-26(4)11-15)19(28)21-9-14-6-5-7-16(8-14)24-17(27)12-25(2)3/h5-8,10-11H,9,12H2,1-4H3,(H,21,28)(H,24,27). The number of carbonyl (C=O) groups is 2. The maximum absolute atomic E-state index is 12.6. The van der Waals surface area contributed by atoms with E-state index in [0.717, 1.165) is 16.1 Å². The Hall–Kier alpha value is -3.04. The number of aromatic nitrogens is 3. The lowest BCUT2D eigenvalue weighted by Gasteiger charge is -2.11. The van der Waals surface area contributed by atoms with Gasteiger partial charge in [-0.15, -0.1) is 11.3 Å². The fourth-order valence-electron chi connectivity index (χ4n) is 2.77. The molecule has 9 heteroatoms. The number of hydrogen-bond acceptors (Lipinski definition) is 6. The van der Waals surface area contributed by atoms with Gasteiger partial charge in [-0.3, -0.25) is 14.3 Å². The van der Waals surface area contributed by atoms with Gasteiger partial charge in [0, 0.05) is 31.0 Å². The highest BCUT2D eigenvalue weighted by Crippen LogP contribution is 2.27. The fraction of sp³-hybridized carbons (Fsp3) is 0.300. The molecule has 0 spiro atoms. The van der Waals surface area contributed by atoms with Crippen LogP contribution in [0.25, 0.3) is 10.6 Å². The SMILES string of the molecule is Cc1nc(-c2cnn(C)c2)sc1C(=O)NCc1cccc(NC(=O)CN(C)C)c1. The second-order valence-corrected chi connectivity index (χ2v) is 8.00. The number of aryl methyl sites for hydroxylation is 2. The minimum atomic E-state index is -0.169. The van der Waals surface area contributed by atoms with E-state index in [0.29, 0.717) is 29.3 Å². The normalized spacial score (nSPS) is 10.9. The predicted octanol–water partition coefficient (Wildman–Crippen LogP) is 2.28. The van der Waals surface area contributed by atoms with Crippen molar-refractivity contribution in [2.24, 2.45) is 7.05 Å². The van der Waals surface area contributed by atoms with E-state index in [1.807, 2.05) is 58.5 Å². The van der Waals surface area contributed by atoms with Gasteiger partial charge in [-0.05, 0) is 38.7 Å². The topological polar surface area (TPSA) is 92.1 Å². The maximum Gasteiger partial charge on any atom is 0.263 e. The van der Waals surface area contributed by atoms with Gasteiger partial charge in [0.05, 0.1) is 18.4 Å². The Kier molecular flexibility index (Phi) is 6.40. The largest absolute Gasteiger partial charge is 0.347 e. The number of likely N-dealkylation sites (N-methyl/N-ethyl adjacent to an activating group) is 1. The summed E-state index contributed by atoms with van der Waals surface area (Å²) < 4.78 is 1.70. The zero-order chi connectivity index (χ0) is 21.0. The highest BCUT2D eigenvalue weighted by molar-refractivity contribution is 7.17. The molecule has 8 nitrogen and oxygen atoms in total. The summed E-state index contributed by atoms with van der Waals surface area (Å²) in [6, 6.07) is 7.44. The van der Waals surface area contributed by atoms with Gasteiger partial charge in [-0.1, -0.05) is 12.1 Å².